The summed E-state index contributed by atoms with van der Waals surface area (Å²) in [5.74, 6) is -0.217. The Morgan fingerprint density at radius 1 is 1.14 bits per heavy atom. The van der Waals surface area contributed by atoms with E-state index in [4.69, 9.17) is 9.84 Å². The Kier molecular flexibility index (Phi) is 4.90. The number of aryl methyl sites for hydroxylation is 1. The highest BCUT2D eigenvalue weighted by Gasteiger charge is 2.34. The molecule has 0 saturated carbocycles. The van der Waals surface area contributed by atoms with Crippen LogP contribution in [0.3, 0.4) is 0 Å². The average molecular weight is 316 g/mol. The molecular formula is C15H15F3O2S. The lowest BCUT2D eigenvalue weighted by molar-refractivity contribution is -0.139. The summed E-state index contributed by atoms with van der Waals surface area (Å²) < 4.78 is 44.3. The second-order valence-electron chi connectivity index (χ2n) is 4.50. The van der Waals surface area contributed by atoms with Crippen LogP contribution < -0.4 is 4.74 Å². The minimum absolute atomic E-state index is 0.103. The third-order valence-electron chi connectivity index (χ3n) is 2.97. The molecule has 0 atom stereocenters. The Morgan fingerprint density at radius 2 is 1.86 bits per heavy atom. The highest BCUT2D eigenvalue weighted by Crippen LogP contribution is 2.37. The van der Waals surface area contributed by atoms with Crippen molar-refractivity contribution in [3.8, 4) is 5.75 Å². The van der Waals surface area contributed by atoms with E-state index in [1.807, 2.05) is 19.1 Å². The fourth-order valence-electron chi connectivity index (χ4n) is 1.86. The first-order chi connectivity index (χ1) is 9.94. The minimum atomic E-state index is -4.51. The topological polar surface area (TPSA) is 29.5 Å². The lowest BCUT2D eigenvalue weighted by Gasteiger charge is -2.14. The Morgan fingerprint density at radius 3 is 2.43 bits per heavy atom. The number of rotatable bonds is 5. The molecule has 0 bridgehead atoms. The first-order valence-corrected chi connectivity index (χ1v) is 7.27. The molecule has 0 fully saturated rings. The van der Waals surface area contributed by atoms with E-state index < -0.39 is 18.3 Å². The van der Waals surface area contributed by atoms with Crippen molar-refractivity contribution >= 4 is 11.3 Å². The van der Waals surface area contributed by atoms with Crippen LogP contribution in [-0.4, -0.2) is 5.11 Å². The highest BCUT2D eigenvalue weighted by atomic mass is 32.1. The molecule has 2 rings (SSSR count). The van der Waals surface area contributed by atoms with Crippen molar-refractivity contribution in [3.05, 3.63) is 51.2 Å². The molecule has 0 aliphatic heterocycles. The quantitative estimate of drug-likeness (QED) is 0.886. The molecule has 0 unspecified atom stereocenters. The van der Waals surface area contributed by atoms with Gasteiger partial charge in [0.05, 0.1) is 12.2 Å². The van der Waals surface area contributed by atoms with Crippen LogP contribution in [0.15, 0.2) is 30.3 Å². The number of ether oxygens (including phenoxy) is 1. The lowest BCUT2D eigenvalue weighted by Crippen LogP contribution is -2.09. The standard InChI is InChI=1S/C15H15F3O2S/c1-2-11-4-5-12(21-11)9-20-14-6-3-10(8-19)7-13(14)15(16,17)18/h3-7,19H,2,8-9H2,1H3. The summed E-state index contributed by atoms with van der Waals surface area (Å²) in [5.41, 5.74) is -0.652. The molecule has 0 aliphatic rings. The van der Waals surface area contributed by atoms with Crippen molar-refractivity contribution in [1.82, 2.24) is 0 Å². The predicted octanol–water partition coefficient (Wildman–Crippen LogP) is 4.40. The van der Waals surface area contributed by atoms with Crippen LogP contribution in [0.25, 0.3) is 0 Å². The second kappa shape index (κ2) is 6.49. The van der Waals surface area contributed by atoms with Crippen molar-refractivity contribution in [2.24, 2.45) is 0 Å². The number of alkyl halides is 3. The van der Waals surface area contributed by atoms with E-state index in [1.54, 1.807) is 0 Å². The maximum atomic E-state index is 13.0. The van der Waals surface area contributed by atoms with Gasteiger partial charge in [-0.15, -0.1) is 11.3 Å². The highest BCUT2D eigenvalue weighted by molar-refractivity contribution is 7.11. The molecule has 0 saturated heterocycles. The Hall–Kier alpha value is -1.53. The third-order valence-corrected chi connectivity index (χ3v) is 4.17. The van der Waals surface area contributed by atoms with Gasteiger partial charge in [-0.2, -0.15) is 13.2 Å². The zero-order valence-corrected chi connectivity index (χ0v) is 12.2. The number of hydrogen-bond acceptors (Lipinski definition) is 3. The summed E-state index contributed by atoms with van der Waals surface area (Å²) in [4.78, 5) is 2.05. The minimum Gasteiger partial charge on any atom is -0.487 e. The van der Waals surface area contributed by atoms with Crippen LogP contribution in [0.1, 0.15) is 27.8 Å². The Bertz CT molecular complexity index is 605. The molecule has 2 aromatic rings. The summed E-state index contributed by atoms with van der Waals surface area (Å²) >= 11 is 1.53. The maximum absolute atomic E-state index is 13.0. The Labute approximate surface area is 124 Å². The SMILES string of the molecule is CCc1ccc(COc2ccc(CO)cc2C(F)(F)F)s1. The molecule has 21 heavy (non-hydrogen) atoms. The first kappa shape index (κ1) is 15.9. The van der Waals surface area contributed by atoms with E-state index in [0.29, 0.717) is 0 Å². The molecule has 0 aliphatic carbocycles. The monoisotopic (exact) mass is 316 g/mol. The molecule has 2 nitrogen and oxygen atoms in total. The molecule has 0 spiro atoms. The van der Waals surface area contributed by atoms with Gasteiger partial charge in [-0.1, -0.05) is 13.0 Å². The van der Waals surface area contributed by atoms with Crippen LogP contribution in [0, 0.1) is 0 Å². The molecule has 1 aromatic carbocycles. The van der Waals surface area contributed by atoms with Crippen LogP contribution in [-0.2, 0) is 25.8 Å². The van der Waals surface area contributed by atoms with Crippen molar-refractivity contribution < 1.29 is 23.0 Å². The van der Waals surface area contributed by atoms with Crippen molar-refractivity contribution in [2.45, 2.75) is 32.7 Å². The summed E-state index contributed by atoms with van der Waals surface area (Å²) in [6, 6.07) is 7.40. The van der Waals surface area contributed by atoms with Gasteiger partial charge in [-0.25, -0.2) is 0 Å². The van der Waals surface area contributed by atoms with E-state index in [0.717, 1.165) is 17.4 Å². The summed E-state index contributed by atoms with van der Waals surface area (Å²) in [7, 11) is 0. The molecule has 0 amide bonds. The van der Waals surface area contributed by atoms with Gasteiger partial charge in [0.15, 0.2) is 0 Å². The summed E-state index contributed by atoms with van der Waals surface area (Å²) in [6.07, 6.45) is -3.62. The number of hydrogen-bond donors (Lipinski definition) is 1. The van der Waals surface area contributed by atoms with Crippen molar-refractivity contribution in [3.63, 3.8) is 0 Å². The second-order valence-corrected chi connectivity index (χ2v) is 5.75. The average Bonchev–Trinajstić information content (AvgIpc) is 2.92. The fourth-order valence-corrected chi connectivity index (χ4v) is 2.73. The van der Waals surface area contributed by atoms with Crippen molar-refractivity contribution in [1.29, 1.82) is 0 Å². The van der Waals surface area contributed by atoms with E-state index in [1.165, 1.54) is 28.3 Å². The third kappa shape index (κ3) is 3.98. The molecule has 0 radical (unpaired) electrons. The van der Waals surface area contributed by atoms with Crippen LogP contribution in [0.4, 0.5) is 13.2 Å². The number of halogens is 3. The zero-order chi connectivity index (χ0) is 15.5. The normalized spacial score (nSPS) is 11.7. The van der Waals surface area contributed by atoms with Crippen LogP contribution in [0.2, 0.25) is 0 Å². The smallest absolute Gasteiger partial charge is 0.419 e. The first-order valence-electron chi connectivity index (χ1n) is 6.45. The van der Waals surface area contributed by atoms with Gasteiger partial charge < -0.3 is 9.84 Å². The van der Waals surface area contributed by atoms with Gasteiger partial charge in [-0.3, -0.25) is 0 Å². The van der Waals surface area contributed by atoms with E-state index in [2.05, 4.69) is 0 Å². The molecule has 1 heterocycles. The summed E-state index contributed by atoms with van der Waals surface area (Å²) in [5, 5.41) is 8.95. The van der Waals surface area contributed by atoms with Crippen LogP contribution in [0.5, 0.6) is 5.75 Å². The van der Waals surface area contributed by atoms with Gasteiger partial charge in [0.2, 0.25) is 0 Å². The van der Waals surface area contributed by atoms with Crippen LogP contribution >= 0.6 is 11.3 Å². The van der Waals surface area contributed by atoms with Gasteiger partial charge in [0, 0.05) is 9.75 Å². The lowest BCUT2D eigenvalue weighted by atomic mass is 10.1. The Balaban J connectivity index is 2.19. The summed E-state index contributed by atoms with van der Waals surface area (Å²) in [6.45, 7) is 1.69. The van der Waals surface area contributed by atoms with Gasteiger partial charge >= 0.3 is 6.18 Å². The van der Waals surface area contributed by atoms with Gasteiger partial charge in [0.1, 0.15) is 12.4 Å². The van der Waals surface area contributed by atoms with E-state index in [-0.39, 0.29) is 17.9 Å². The molecule has 114 valence electrons. The van der Waals surface area contributed by atoms with Crippen molar-refractivity contribution in [2.75, 3.05) is 0 Å². The van der Waals surface area contributed by atoms with Gasteiger partial charge in [0.25, 0.3) is 0 Å². The largest absolute Gasteiger partial charge is 0.487 e. The predicted molar refractivity (Wildman–Crippen MR) is 75.4 cm³/mol. The zero-order valence-electron chi connectivity index (χ0n) is 11.4. The van der Waals surface area contributed by atoms with Gasteiger partial charge in [-0.05, 0) is 36.2 Å². The molecule has 1 aromatic heterocycles. The fraction of sp³-hybridized carbons (Fsp3) is 0.333. The number of aliphatic hydroxyl groups is 1. The molecule has 6 heteroatoms. The number of thiophene rings is 1. The molecule has 1 N–H and O–H groups in total. The van der Waals surface area contributed by atoms with E-state index >= 15 is 0 Å². The number of aliphatic hydroxyl groups excluding tert-OH is 1. The molecular weight excluding hydrogens is 301 g/mol. The van der Waals surface area contributed by atoms with E-state index in [9.17, 15) is 13.2 Å². The maximum Gasteiger partial charge on any atom is 0.419 e. The number of benzene rings is 1.